The summed E-state index contributed by atoms with van der Waals surface area (Å²) in [5, 5.41) is 0. The van der Waals surface area contributed by atoms with Crippen LogP contribution in [-0.2, 0) is 26.1 Å². The van der Waals surface area contributed by atoms with Gasteiger partial charge in [-0.05, 0) is 38.5 Å². The molecule has 1 unspecified atom stereocenters. The zero-order chi connectivity index (χ0) is 24.0. The molecule has 2 N–H and O–H groups in total. The van der Waals surface area contributed by atoms with Gasteiger partial charge in [0.25, 0.3) is 0 Å². The number of benzene rings is 2. The highest BCUT2D eigenvalue weighted by Gasteiger charge is 2.31. The summed E-state index contributed by atoms with van der Waals surface area (Å²) in [4.78, 5) is 1.83. The minimum absolute atomic E-state index is 0.161. The van der Waals surface area contributed by atoms with Gasteiger partial charge in [-0.2, -0.15) is 0 Å². The molecule has 1 atom stereocenters. The minimum Gasteiger partial charge on any atom is -0.471 e. The van der Waals surface area contributed by atoms with Gasteiger partial charge >= 0.3 is 0 Å². The van der Waals surface area contributed by atoms with Crippen molar-refractivity contribution in [3.05, 3.63) is 70.1 Å². The Balaban J connectivity index is 1.98. The second-order valence-electron chi connectivity index (χ2n) is 7.77. The van der Waals surface area contributed by atoms with Gasteiger partial charge in [0.1, 0.15) is 6.10 Å². The van der Waals surface area contributed by atoms with E-state index < -0.39 is 61.8 Å². The molecule has 0 saturated heterocycles. The molecular weight excluding hydrogens is 448 g/mol. The number of hydrogen-bond donors (Lipinski definition) is 1. The summed E-state index contributed by atoms with van der Waals surface area (Å²) in [5.41, 5.74) is 5.88. The summed E-state index contributed by atoms with van der Waals surface area (Å²) in [6, 6.07) is 3.19. The largest absolute Gasteiger partial charge is 0.471 e. The monoisotopic (exact) mass is 472 g/mol. The maximum absolute atomic E-state index is 14.2. The molecule has 5 nitrogen and oxygen atoms in total. The third kappa shape index (κ3) is 4.15. The molecule has 10 heteroatoms. The number of fused-ring (bicyclic) bond motifs is 1. The fourth-order valence-corrected chi connectivity index (χ4v) is 5.33. The van der Waals surface area contributed by atoms with E-state index in [1.807, 2.05) is 11.8 Å². The van der Waals surface area contributed by atoms with Gasteiger partial charge in [-0.25, -0.2) is 26.0 Å². The van der Waals surface area contributed by atoms with Crippen LogP contribution in [0.1, 0.15) is 48.6 Å². The van der Waals surface area contributed by atoms with Crippen LogP contribution >= 0.6 is 0 Å². The molecule has 174 valence electrons. The van der Waals surface area contributed by atoms with Gasteiger partial charge in [0.15, 0.2) is 39.0 Å². The van der Waals surface area contributed by atoms with Gasteiger partial charge in [-0.1, -0.05) is 13.0 Å². The summed E-state index contributed by atoms with van der Waals surface area (Å²) in [5.74, 6) is -8.14. The number of anilines is 2. The number of hydrogen-bond acceptors (Lipinski definition) is 5. The minimum atomic E-state index is -4.25. The number of nitrogens with two attached hydrogens (primary N) is 1. The van der Waals surface area contributed by atoms with Gasteiger partial charge in [0, 0.05) is 28.9 Å². The van der Waals surface area contributed by atoms with Crippen LogP contribution < -0.4 is 10.6 Å². The van der Waals surface area contributed by atoms with E-state index in [4.69, 9.17) is 10.5 Å². The van der Waals surface area contributed by atoms with Crippen LogP contribution in [0.25, 0.3) is 0 Å². The first-order valence-electron chi connectivity index (χ1n) is 9.95. The number of nitrogens with zero attached hydrogens (tertiary/aromatic N) is 1. The molecule has 0 spiro atoms. The molecule has 2 aromatic rings. The normalized spacial score (nSPS) is 16.2. The average molecular weight is 473 g/mol. The van der Waals surface area contributed by atoms with E-state index in [0.717, 1.165) is 19.0 Å². The highest BCUT2D eigenvalue weighted by molar-refractivity contribution is 7.89. The highest BCUT2D eigenvalue weighted by atomic mass is 32.2. The molecule has 1 aliphatic heterocycles. The van der Waals surface area contributed by atoms with Crippen molar-refractivity contribution in [1.82, 2.24) is 0 Å². The number of ether oxygens (including phenoxy) is 1. The van der Waals surface area contributed by atoms with Crippen LogP contribution in [0.15, 0.2) is 24.6 Å². The standard InChI is InChI=1S/C22H24F4N2O3S/c1-5-8-28-13(4)31-12(3)17-16(28)7-6-14(22(17)27)9-32(29,30)10-15-20(25)18(23)11(2)19(24)21(15)26/h6-7,12H,4-5,8-10,27H2,1-3H3. The van der Waals surface area contributed by atoms with E-state index in [0.29, 0.717) is 18.0 Å². The Hall–Kier alpha value is -2.75. The molecule has 32 heavy (non-hydrogen) atoms. The lowest BCUT2D eigenvalue weighted by molar-refractivity contribution is 0.119. The van der Waals surface area contributed by atoms with Gasteiger partial charge in [-0.3, -0.25) is 0 Å². The van der Waals surface area contributed by atoms with Crippen molar-refractivity contribution in [3.8, 4) is 0 Å². The maximum Gasteiger partial charge on any atom is 0.187 e. The molecule has 2 aromatic carbocycles. The number of sulfone groups is 1. The zero-order valence-electron chi connectivity index (χ0n) is 17.9. The van der Waals surface area contributed by atoms with E-state index in [-0.39, 0.29) is 11.3 Å². The molecule has 0 saturated carbocycles. The molecule has 1 aliphatic rings. The number of rotatable bonds is 6. The van der Waals surface area contributed by atoms with E-state index in [1.54, 1.807) is 13.0 Å². The Kier molecular flexibility index (Phi) is 6.46. The average Bonchev–Trinajstić information content (AvgIpc) is 2.72. The molecule has 1 heterocycles. The van der Waals surface area contributed by atoms with Gasteiger partial charge in [0.05, 0.1) is 17.2 Å². The molecule has 3 rings (SSSR count). The van der Waals surface area contributed by atoms with Gasteiger partial charge in [0.2, 0.25) is 0 Å². The maximum atomic E-state index is 14.2. The summed E-state index contributed by atoms with van der Waals surface area (Å²) < 4.78 is 87.2. The lowest BCUT2D eigenvalue weighted by Crippen LogP contribution is -2.31. The van der Waals surface area contributed by atoms with Crippen LogP contribution in [0.5, 0.6) is 0 Å². The lowest BCUT2D eigenvalue weighted by atomic mass is 9.99. The summed E-state index contributed by atoms with van der Waals surface area (Å²) in [7, 11) is -4.25. The highest BCUT2D eigenvalue weighted by Crippen LogP contribution is 2.42. The Morgan fingerprint density at radius 3 is 2.25 bits per heavy atom. The Bertz CT molecular complexity index is 1170. The Labute approximate surface area is 184 Å². The second kappa shape index (κ2) is 8.65. The predicted molar refractivity (Wildman–Crippen MR) is 114 cm³/mol. The topological polar surface area (TPSA) is 72.6 Å². The van der Waals surface area contributed by atoms with Crippen molar-refractivity contribution < 1.29 is 30.7 Å². The molecule has 0 fully saturated rings. The van der Waals surface area contributed by atoms with Crippen LogP contribution in [0.2, 0.25) is 0 Å². The molecule has 0 bridgehead atoms. The Morgan fingerprint density at radius 2 is 1.69 bits per heavy atom. The number of halogens is 4. The van der Waals surface area contributed by atoms with Gasteiger partial charge < -0.3 is 15.4 Å². The van der Waals surface area contributed by atoms with Crippen LogP contribution in [-0.4, -0.2) is 15.0 Å². The Morgan fingerprint density at radius 1 is 1.09 bits per heavy atom. The van der Waals surface area contributed by atoms with Crippen LogP contribution in [0.3, 0.4) is 0 Å². The van der Waals surface area contributed by atoms with E-state index in [1.165, 1.54) is 6.07 Å². The third-order valence-electron chi connectivity index (χ3n) is 5.43. The first-order chi connectivity index (χ1) is 14.9. The second-order valence-corrected chi connectivity index (χ2v) is 9.83. The SMILES string of the molecule is C=C1OC(C)c2c(ccc(CS(=O)(=O)Cc3c(F)c(F)c(C)c(F)c3F)c2N)N1CCC. The molecule has 0 radical (unpaired) electrons. The van der Waals surface area contributed by atoms with Crippen molar-refractivity contribution in [3.63, 3.8) is 0 Å². The first-order valence-corrected chi connectivity index (χ1v) is 11.8. The molecule has 0 aliphatic carbocycles. The molecular formula is C22H24F4N2O3S. The van der Waals surface area contributed by atoms with Crippen molar-refractivity contribution in [1.29, 1.82) is 0 Å². The van der Waals surface area contributed by atoms with Crippen LogP contribution in [0, 0.1) is 30.2 Å². The van der Waals surface area contributed by atoms with Crippen molar-refractivity contribution in [2.75, 3.05) is 17.2 Å². The first kappa shape index (κ1) is 23.9. The smallest absolute Gasteiger partial charge is 0.187 e. The van der Waals surface area contributed by atoms with E-state index >= 15 is 0 Å². The third-order valence-corrected chi connectivity index (χ3v) is 6.91. The quantitative estimate of drug-likeness (QED) is 0.363. The fourth-order valence-electron chi connectivity index (χ4n) is 3.81. The molecule has 0 aromatic heterocycles. The van der Waals surface area contributed by atoms with Gasteiger partial charge in [-0.15, -0.1) is 0 Å². The van der Waals surface area contributed by atoms with Crippen molar-refractivity contribution in [2.45, 2.75) is 44.8 Å². The van der Waals surface area contributed by atoms with E-state index in [9.17, 15) is 26.0 Å². The zero-order valence-corrected chi connectivity index (χ0v) is 18.8. The van der Waals surface area contributed by atoms with E-state index in [2.05, 4.69) is 6.58 Å². The van der Waals surface area contributed by atoms with Crippen LogP contribution in [0.4, 0.5) is 28.9 Å². The fraction of sp³-hybridized carbons (Fsp3) is 0.364. The van der Waals surface area contributed by atoms with Crippen molar-refractivity contribution in [2.24, 2.45) is 0 Å². The number of nitrogen functional groups attached to an aromatic ring is 1. The van der Waals surface area contributed by atoms with Crippen molar-refractivity contribution >= 4 is 21.2 Å². The molecule has 0 amide bonds. The summed E-state index contributed by atoms with van der Waals surface area (Å²) in [6.07, 6.45) is 0.302. The lowest BCUT2D eigenvalue weighted by Gasteiger charge is -2.37. The predicted octanol–water partition coefficient (Wildman–Crippen LogP) is 5.03. The summed E-state index contributed by atoms with van der Waals surface area (Å²) >= 11 is 0. The summed E-state index contributed by atoms with van der Waals surface area (Å²) in [6.45, 7) is 9.08.